The van der Waals surface area contributed by atoms with Crippen LogP contribution in [0.2, 0.25) is 0 Å². The van der Waals surface area contributed by atoms with Gasteiger partial charge in [-0.15, -0.1) is 11.8 Å². The molecule has 0 atom stereocenters. The van der Waals surface area contributed by atoms with Crippen molar-refractivity contribution < 1.29 is 0 Å². The average Bonchev–Trinajstić information content (AvgIpc) is 2.90. The van der Waals surface area contributed by atoms with E-state index in [1.807, 2.05) is 6.07 Å². The molecular weight excluding hydrogens is 278 g/mol. The van der Waals surface area contributed by atoms with E-state index in [0.29, 0.717) is 0 Å². The zero-order valence-corrected chi connectivity index (χ0v) is 13.2. The zero-order valence-electron chi connectivity index (χ0n) is 12.3. The van der Waals surface area contributed by atoms with Crippen molar-refractivity contribution in [3.63, 3.8) is 0 Å². The molecule has 0 fully saturated rings. The Morgan fingerprint density at radius 3 is 2.81 bits per heavy atom. The maximum Gasteiger partial charge on any atom is 0.129 e. The summed E-state index contributed by atoms with van der Waals surface area (Å²) in [5.74, 6) is 1.08. The molecule has 4 heteroatoms. The van der Waals surface area contributed by atoms with E-state index in [2.05, 4.69) is 65.5 Å². The Bertz CT molecular complexity index is 749. The molecule has 0 aliphatic rings. The average molecular weight is 297 g/mol. The molecule has 2 aromatic carbocycles. The smallest absolute Gasteiger partial charge is 0.129 e. The minimum Gasteiger partial charge on any atom is -0.378 e. The second-order valence-electron chi connectivity index (χ2n) is 4.85. The van der Waals surface area contributed by atoms with E-state index in [1.165, 1.54) is 10.4 Å². The van der Waals surface area contributed by atoms with Gasteiger partial charge in [0, 0.05) is 17.1 Å². The topological polar surface area (TPSA) is 29.9 Å². The molecule has 108 valence electrons. The molecule has 0 bridgehead atoms. The van der Waals surface area contributed by atoms with Crippen LogP contribution in [0.1, 0.15) is 12.7 Å². The Morgan fingerprint density at radius 2 is 2.00 bits per heavy atom. The minimum atomic E-state index is 0.736. The number of benzene rings is 2. The van der Waals surface area contributed by atoms with E-state index in [4.69, 9.17) is 4.98 Å². The molecular formula is C17H19N3S. The van der Waals surface area contributed by atoms with Crippen LogP contribution in [-0.4, -0.2) is 15.8 Å². The van der Waals surface area contributed by atoms with Crippen molar-refractivity contribution in [2.24, 2.45) is 0 Å². The van der Waals surface area contributed by atoms with Gasteiger partial charge < -0.3 is 9.88 Å². The number of aryl methyl sites for hydroxylation is 1. The van der Waals surface area contributed by atoms with Gasteiger partial charge in [0.05, 0.1) is 17.6 Å². The van der Waals surface area contributed by atoms with Crippen molar-refractivity contribution in [1.29, 1.82) is 0 Å². The van der Waals surface area contributed by atoms with Crippen molar-refractivity contribution in [3.8, 4) is 0 Å². The molecule has 0 unspecified atom stereocenters. The first-order chi connectivity index (χ1) is 10.3. The zero-order chi connectivity index (χ0) is 14.7. The van der Waals surface area contributed by atoms with Crippen molar-refractivity contribution in [3.05, 3.63) is 54.4 Å². The van der Waals surface area contributed by atoms with Gasteiger partial charge >= 0.3 is 0 Å². The molecule has 3 rings (SSSR count). The van der Waals surface area contributed by atoms with Gasteiger partial charge in [0.1, 0.15) is 5.82 Å². The third-order valence-corrected chi connectivity index (χ3v) is 4.30. The SMILES string of the molecule is CCn1c(CNc2cccc(SC)c2)nc2ccccc21. The first-order valence-electron chi connectivity index (χ1n) is 7.14. The molecule has 0 spiro atoms. The lowest BCUT2D eigenvalue weighted by molar-refractivity contribution is 0.729. The number of rotatable bonds is 5. The molecule has 3 nitrogen and oxygen atoms in total. The number of hydrogen-bond acceptors (Lipinski definition) is 3. The van der Waals surface area contributed by atoms with Gasteiger partial charge in [-0.2, -0.15) is 0 Å². The quantitative estimate of drug-likeness (QED) is 0.708. The molecule has 0 aliphatic carbocycles. The largest absolute Gasteiger partial charge is 0.378 e. The summed E-state index contributed by atoms with van der Waals surface area (Å²) < 4.78 is 2.26. The summed E-state index contributed by atoms with van der Waals surface area (Å²) in [6, 6.07) is 16.8. The molecule has 1 heterocycles. The Kier molecular flexibility index (Phi) is 4.15. The Hall–Kier alpha value is -1.94. The molecule has 3 aromatic rings. The minimum absolute atomic E-state index is 0.736. The molecule has 0 saturated heterocycles. The number of thioether (sulfide) groups is 1. The lowest BCUT2D eigenvalue weighted by Gasteiger charge is -2.09. The van der Waals surface area contributed by atoms with E-state index >= 15 is 0 Å². The van der Waals surface area contributed by atoms with Gasteiger partial charge in [-0.1, -0.05) is 18.2 Å². The predicted molar refractivity (Wildman–Crippen MR) is 91.0 cm³/mol. The second-order valence-corrected chi connectivity index (χ2v) is 5.73. The van der Waals surface area contributed by atoms with Crippen LogP contribution in [0.3, 0.4) is 0 Å². The van der Waals surface area contributed by atoms with E-state index < -0.39 is 0 Å². The highest BCUT2D eigenvalue weighted by atomic mass is 32.2. The maximum atomic E-state index is 4.74. The normalized spacial score (nSPS) is 11.0. The van der Waals surface area contributed by atoms with Gasteiger partial charge in [0.15, 0.2) is 0 Å². The Labute approximate surface area is 129 Å². The van der Waals surface area contributed by atoms with Crippen LogP contribution in [0.5, 0.6) is 0 Å². The summed E-state index contributed by atoms with van der Waals surface area (Å²) in [6.07, 6.45) is 2.09. The summed E-state index contributed by atoms with van der Waals surface area (Å²) in [4.78, 5) is 6.00. The lowest BCUT2D eigenvalue weighted by atomic mass is 10.3. The van der Waals surface area contributed by atoms with E-state index in [1.54, 1.807) is 11.8 Å². The molecule has 21 heavy (non-hydrogen) atoms. The number of nitrogens with zero attached hydrogens (tertiary/aromatic N) is 2. The fourth-order valence-electron chi connectivity index (χ4n) is 2.53. The van der Waals surface area contributed by atoms with Gasteiger partial charge in [0.2, 0.25) is 0 Å². The van der Waals surface area contributed by atoms with Gasteiger partial charge in [-0.25, -0.2) is 4.98 Å². The number of aromatic nitrogens is 2. The number of fused-ring (bicyclic) bond motifs is 1. The fraction of sp³-hybridized carbons (Fsp3) is 0.235. The van der Waals surface area contributed by atoms with Gasteiger partial charge in [0.25, 0.3) is 0 Å². The van der Waals surface area contributed by atoms with Crippen molar-refractivity contribution in [1.82, 2.24) is 9.55 Å². The van der Waals surface area contributed by atoms with Crippen LogP contribution in [0.4, 0.5) is 5.69 Å². The predicted octanol–water partition coefficient (Wildman–Crippen LogP) is 4.39. The summed E-state index contributed by atoms with van der Waals surface area (Å²) in [5.41, 5.74) is 3.40. The first-order valence-corrected chi connectivity index (χ1v) is 8.36. The van der Waals surface area contributed by atoms with E-state index in [-0.39, 0.29) is 0 Å². The highest BCUT2D eigenvalue weighted by molar-refractivity contribution is 7.98. The summed E-state index contributed by atoms with van der Waals surface area (Å²) in [7, 11) is 0. The number of nitrogens with one attached hydrogen (secondary N) is 1. The first kappa shape index (κ1) is 14.0. The second kappa shape index (κ2) is 6.22. The summed E-state index contributed by atoms with van der Waals surface area (Å²) in [6.45, 7) is 3.83. The van der Waals surface area contributed by atoms with Crippen molar-refractivity contribution >= 4 is 28.5 Å². The fourth-order valence-corrected chi connectivity index (χ4v) is 2.99. The number of anilines is 1. The van der Waals surface area contributed by atoms with Crippen LogP contribution < -0.4 is 5.32 Å². The number of imidazole rings is 1. The summed E-state index contributed by atoms with van der Waals surface area (Å²) in [5, 5.41) is 3.47. The molecule has 0 radical (unpaired) electrons. The van der Waals surface area contributed by atoms with Crippen LogP contribution in [0, 0.1) is 0 Å². The van der Waals surface area contributed by atoms with Gasteiger partial charge in [-0.3, -0.25) is 0 Å². The van der Waals surface area contributed by atoms with E-state index in [0.717, 1.165) is 30.1 Å². The number of hydrogen-bond donors (Lipinski definition) is 1. The van der Waals surface area contributed by atoms with Gasteiger partial charge in [-0.05, 0) is 43.5 Å². The third kappa shape index (κ3) is 2.90. The molecule has 0 amide bonds. The molecule has 0 saturated carbocycles. The van der Waals surface area contributed by atoms with Crippen LogP contribution in [0.15, 0.2) is 53.4 Å². The standard InChI is InChI=1S/C17H19N3S/c1-3-20-16-10-5-4-9-15(16)19-17(20)12-18-13-7-6-8-14(11-13)21-2/h4-11,18H,3,12H2,1-2H3. The highest BCUT2D eigenvalue weighted by Crippen LogP contribution is 2.20. The van der Waals surface area contributed by atoms with Crippen LogP contribution >= 0.6 is 11.8 Å². The van der Waals surface area contributed by atoms with E-state index in [9.17, 15) is 0 Å². The molecule has 1 N–H and O–H groups in total. The molecule has 1 aromatic heterocycles. The van der Waals surface area contributed by atoms with Crippen molar-refractivity contribution in [2.45, 2.75) is 24.9 Å². The third-order valence-electron chi connectivity index (χ3n) is 3.57. The van der Waals surface area contributed by atoms with Crippen LogP contribution in [-0.2, 0) is 13.1 Å². The maximum absolute atomic E-state index is 4.74. The van der Waals surface area contributed by atoms with Crippen LogP contribution in [0.25, 0.3) is 11.0 Å². The van der Waals surface area contributed by atoms with Crippen molar-refractivity contribution in [2.75, 3.05) is 11.6 Å². The highest BCUT2D eigenvalue weighted by Gasteiger charge is 2.08. The monoisotopic (exact) mass is 297 g/mol. The number of para-hydroxylation sites is 2. The lowest BCUT2D eigenvalue weighted by Crippen LogP contribution is -2.07. The Balaban J connectivity index is 1.84. The summed E-state index contributed by atoms with van der Waals surface area (Å²) >= 11 is 1.76. The molecule has 0 aliphatic heterocycles. The Morgan fingerprint density at radius 1 is 1.14 bits per heavy atom.